The Hall–Kier alpha value is -1.62. The van der Waals surface area contributed by atoms with E-state index in [9.17, 15) is 14.9 Å². The number of nitro groups is 1. The molecule has 0 aliphatic rings. The van der Waals surface area contributed by atoms with Crippen LogP contribution in [0, 0.1) is 17.0 Å². The van der Waals surface area contributed by atoms with Crippen molar-refractivity contribution in [2.75, 3.05) is 6.54 Å². The van der Waals surface area contributed by atoms with Gasteiger partial charge in [0.25, 0.3) is 11.6 Å². The molecule has 1 aromatic carbocycles. The van der Waals surface area contributed by atoms with Crippen LogP contribution < -0.4 is 5.32 Å². The molecule has 0 aliphatic heterocycles. The summed E-state index contributed by atoms with van der Waals surface area (Å²) in [6.07, 6.45) is 0.654. The topological polar surface area (TPSA) is 72.2 Å². The molecular formula is C12H15ClN2O3. The van der Waals surface area contributed by atoms with Crippen LogP contribution in [0.25, 0.3) is 0 Å². The van der Waals surface area contributed by atoms with Gasteiger partial charge in [0.2, 0.25) is 0 Å². The maximum atomic E-state index is 11.8. The first-order valence-electron chi connectivity index (χ1n) is 5.58. The third kappa shape index (κ3) is 4.33. The molecule has 0 saturated heterocycles. The van der Waals surface area contributed by atoms with Crippen LogP contribution in [0.2, 0.25) is 0 Å². The van der Waals surface area contributed by atoms with Gasteiger partial charge in [-0.05, 0) is 31.9 Å². The lowest BCUT2D eigenvalue weighted by Crippen LogP contribution is -2.25. The molecule has 1 rings (SSSR count). The zero-order valence-corrected chi connectivity index (χ0v) is 11.0. The number of hydrogen-bond acceptors (Lipinski definition) is 3. The molecule has 0 spiro atoms. The largest absolute Gasteiger partial charge is 0.352 e. The molecule has 18 heavy (non-hydrogen) atoms. The van der Waals surface area contributed by atoms with E-state index in [1.54, 1.807) is 13.0 Å². The minimum absolute atomic E-state index is 0.0165. The smallest absolute Gasteiger partial charge is 0.270 e. The fourth-order valence-electron chi connectivity index (χ4n) is 1.49. The van der Waals surface area contributed by atoms with Crippen LogP contribution in [0.3, 0.4) is 0 Å². The quantitative estimate of drug-likeness (QED) is 0.508. The monoisotopic (exact) mass is 270 g/mol. The minimum Gasteiger partial charge on any atom is -0.352 e. The normalized spacial score (nSPS) is 11.9. The molecular weight excluding hydrogens is 256 g/mol. The second kappa shape index (κ2) is 6.35. The van der Waals surface area contributed by atoms with E-state index in [2.05, 4.69) is 5.32 Å². The zero-order valence-electron chi connectivity index (χ0n) is 10.3. The third-order valence-electron chi connectivity index (χ3n) is 2.36. The first kappa shape index (κ1) is 14.4. The number of aryl methyl sites for hydroxylation is 1. The van der Waals surface area contributed by atoms with Gasteiger partial charge in [-0.3, -0.25) is 14.9 Å². The maximum absolute atomic E-state index is 11.8. The number of carbonyl (C=O) groups excluding carboxylic acids is 1. The summed E-state index contributed by atoms with van der Waals surface area (Å²) in [6.45, 7) is 4.00. The molecule has 1 unspecified atom stereocenters. The molecule has 0 fully saturated rings. The lowest BCUT2D eigenvalue weighted by molar-refractivity contribution is -0.384. The van der Waals surface area contributed by atoms with Crippen molar-refractivity contribution >= 4 is 23.2 Å². The molecule has 0 aliphatic carbocycles. The van der Waals surface area contributed by atoms with Crippen LogP contribution in [0.4, 0.5) is 5.69 Å². The first-order chi connectivity index (χ1) is 8.40. The molecule has 0 radical (unpaired) electrons. The number of halogens is 1. The Kier molecular flexibility index (Phi) is 5.09. The summed E-state index contributed by atoms with van der Waals surface area (Å²) in [6, 6.07) is 4.32. The third-order valence-corrected chi connectivity index (χ3v) is 2.58. The Morgan fingerprint density at radius 3 is 2.72 bits per heavy atom. The molecule has 1 amide bonds. The predicted octanol–water partition coefficient (Wildman–Crippen LogP) is 2.65. The maximum Gasteiger partial charge on any atom is 0.270 e. The van der Waals surface area contributed by atoms with Gasteiger partial charge in [0.1, 0.15) is 0 Å². The number of carbonyl (C=O) groups is 1. The summed E-state index contributed by atoms with van der Waals surface area (Å²) in [5.41, 5.74) is 0.898. The lowest BCUT2D eigenvalue weighted by atomic mass is 10.1. The van der Waals surface area contributed by atoms with Crippen LogP contribution in [0.15, 0.2) is 18.2 Å². The van der Waals surface area contributed by atoms with Gasteiger partial charge < -0.3 is 5.32 Å². The molecule has 0 bridgehead atoms. The first-order valence-corrected chi connectivity index (χ1v) is 6.02. The number of nitro benzene ring substituents is 1. The van der Waals surface area contributed by atoms with Crippen LogP contribution >= 0.6 is 11.6 Å². The Bertz CT molecular complexity index is 461. The van der Waals surface area contributed by atoms with Gasteiger partial charge in [0.05, 0.1) is 4.92 Å². The van der Waals surface area contributed by atoms with Crippen molar-refractivity contribution in [1.82, 2.24) is 5.32 Å². The SMILES string of the molecule is Cc1cc(C(=O)NCCC(C)Cl)cc([N+](=O)[O-])c1. The average Bonchev–Trinajstić information content (AvgIpc) is 2.27. The standard InChI is InChI=1S/C12H15ClN2O3/c1-8-5-10(7-11(6-8)15(17)18)12(16)14-4-3-9(2)13/h5-7,9H,3-4H2,1-2H3,(H,14,16). The fourth-order valence-corrected chi connectivity index (χ4v) is 1.60. The molecule has 0 saturated carbocycles. The fraction of sp³-hybridized carbons (Fsp3) is 0.417. The van der Waals surface area contributed by atoms with Gasteiger partial charge in [-0.25, -0.2) is 0 Å². The van der Waals surface area contributed by atoms with Crippen LogP contribution in [-0.4, -0.2) is 22.8 Å². The summed E-state index contributed by atoms with van der Waals surface area (Å²) in [5.74, 6) is -0.320. The number of non-ortho nitro benzene ring substituents is 1. The van der Waals surface area contributed by atoms with E-state index in [-0.39, 0.29) is 17.0 Å². The summed E-state index contributed by atoms with van der Waals surface area (Å²) in [4.78, 5) is 22.0. The highest BCUT2D eigenvalue weighted by Crippen LogP contribution is 2.16. The van der Waals surface area contributed by atoms with Crippen molar-refractivity contribution in [3.63, 3.8) is 0 Å². The number of alkyl halides is 1. The summed E-state index contributed by atoms with van der Waals surface area (Å²) in [5, 5.41) is 13.3. The van der Waals surface area contributed by atoms with Crippen LogP contribution in [0.5, 0.6) is 0 Å². The van der Waals surface area contributed by atoms with Gasteiger partial charge in [-0.2, -0.15) is 0 Å². The zero-order chi connectivity index (χ0) is 13.7. The van der Waals surface area contributed by atoms with E-state index in [0.717, 1.165) is 0 Å². The van der Waals surface area contributed by atoms with Crippen LogP contribution in [0.1, 0.15) is 29.3 Å². The number of nitrogens with one attached hydrogen (secondary N) is 1. The lowest BCUT2D eigenvalue weighted by Gasteiger charge is -2.07. The second-order valence-electron chi connectivity index (χ2n) is 4.14. The van der Waals surface area contributed by atoms with E-state index < -0.39 is 4.92 Å². The van der Waals surface area contributed by atoms with E-state index in [4.69, 9.17) is 11.6 Å². The number of benzene rings is 1. The van der Waals surface area contributed by atoms with Gasteiger partial charge in [-0.1, -0.05) is 0 Å². The van der Waals surface area contributed by atoms with Crippen molar-refractivity contribution in [3.8, 4) is 0 Å². The van der Waals surface area contributed by atoms with Crippen molar-refractivity contribution in [2.45, 2.75) is 25.6 Å². The Morgan fingerprint density at radius 1 is 1.50 bits per heavy atom. The van der Waals surface area contributed by atoms with Crippen molar-refractivity contribution in [1.29, 1.82) is 0 Å². The van der Waals surface area contributed by atoms with Crippen LogP contribution in [-0.2, 0) is 0 Å². The molecule has 0 heterocycles. The van der Waals surface area contributed by atoms with Crippen molar-refractivity contribution in [2.24, 2.45) is 0 Å². The molecule has 98 valence electrons. The number of hydrogen-bond donors (Lipinski definition) is 1. The van der Waals surface area contributed by atoms with Crippen molar-refractivity contribution in [3.05, 3.63) is 39.4 Å². The van der Waals surface area contributed by atoms with Gasteiger partial charge in [-0.15, -0.1) is 11.6 Å². The van der Waals surface area contributed by atoms with Gasteiger partial charge in [0.15, 0.2) is 0 Å². The average molecular weight is 271 g/mol. The molecule has 1 N–H and O–H groups in total. The van der Waals surface area contributed by atoms with Crippen molar-refractivity contribution < 1.29 is 9.72 Å². The Balaban J connectivity index is 2.76. The van der Waals surface area contributed by atoms with E-state index >= 15 is 0 Å². The van der Waals surface area contributed by atoms with E-state index in [1.165, 1.54) is 12.1 Å². The van der Waals surface area contributed by atoms with E-state index in [0.29, 0.717) is 24.1 Å². The minimum atomic E-state index is -0.509. The Morgan fingerprint density at radius 2 is 2.17 bits per heavy atom. The summed E-state index contributed by atoms with van der Waals surface area (Å²) in [7, 11) is 0. The number of nitrogens with zero attached hydrogens (tertiary/aromatic N) is 1. The number of amides is 1. The van der Waals surface area contributed by atoms with Gasteiger partial charge in [0, 0.05) is 29.6 Å². The highest BCUT2D eigenvalue weighted by Gasteiger charge is 2.13. The highest BCUT2D eigenvalue weighted by molar-refractivity contribution is 6.20. The highest BCUT2D eigenvalue weighted by atomic mass is 35.5. The molecule has 6 heteroatoms. The molecule has 1 aromatic rings. The molecule has 0 aromatic heterocycles. The van der Waals surface area contributed by atoms with E-state index in [1.807, 2.05) is 6.92 Å². The molecule has 5 nitrogen and oxygen atoms in total. The second-order valence-corrected chi connectivity index (χ2v) is 4.88. The van der Waals surface area contributed by atoms with Gasteiger partial charge >= 0.3 is 0 Å². The Labute approximate surface area is 110 Å². The summed E-state index contributed by atoms with van der Waals surface area (Å²) < 4.78 is 0. The number of rotatable bonds is 5. The molecule has 1 atom stereocenters. The summed E-state index contributed by atoms with van der Waals surface area (Å²) >= 11 is 5.76. The predicted molar refractivity (Wildman–Crippen MR) is 70.1 cm³/mol.